The molecule has 0 aliphatic rings. The smallest absolute Gasteiger partial charge is 0 e. The van der Waals surface area contributed by atoms with Crippen molar-refractivity contribution in [1.29, 1.82) is 0 Å². The molecule has 0 rings (SSSR count). The molecule has 0 amide bonds. The Morgan fingerprint density at radius 3 is 1.25 bits per heavy atom. The van der Waals surface area contributed by atoms with Crippen molar-refractivity contribution in [2.24, 2.45) is 0 Å². The van der Waals surface area contributed by atoms with Gasteiger partial charge in [-0.1, -0.05) is 0 Å². The fourth-order valence-electron chi connectivity index (χ4n) is 0. The molecule has 4 heavy (non-hydrogen) atoms. The molecule has 0 fully saturated rings. The van der Waals surface area contributed by atoms with E-state index in [1.54, 1.807) is 0 Å². The monoisotopic (exact) mass is 132 g/mol. The van der Waals surface area contributed by atoms with Crippen molar-refractivity contribution in [2.45, 2.75) is 0 Å². The molecule has 0 N–H and O–H groups in total. The van der Waals surface area contributed by atoms with E-state index < -0.39 is 0 Å². The van der Waals surface area contributed by atoms with E-state index in [4.69, 9.17) is 0 Å². The van der Waals surface area contributed by atoms with Gasteiger partial charge in [-0.05, 0) is 10.1 Å². The van der Waals surface area contributed by atoms with Gasteiger partial charge in [0.2, 0.25) is 0 Å². The van der Waals surface area contributed by atoms with Crippen LogP contribution in [0.3, 0.4) is 0 Å². The van der Waals surface area contributed by atoms with Gasteiger partial charge >= 0.3 is 29.6 Å². The summed E-state index contributed by atoms with van der Waals surface area (Å²) in [5.74, 6) is 0. The molecule has 0 radical (unpaired) electrons. The second-order valence-electron chi connectivity index (χ2n) is 0. The zero-order valence-corrected chi connectivity index (χ0v) is 7.67. The summed E-state index contributed by atoms with van der Waals surface area (Å²) in [6.45, 7) is 0. The van der Waals surface area contributed by atoms with Crippen LogP contribution in [0.2, 0.25) is 0 Å². The van der Waals surface area contributed by atoms with E-state index in [1.807, 2.05) is 0 Å². The molecule has 0 aliphatic heterocycles. The second-order valence-corrected chi connectivity index (χ2v) is 0. The molecule has 0 bridgehead atoms. The number of hydrogen-bond donors (Lipinski definition) is 0. The molecular weight excluding hydrogens is 127 g/mol. The first-order chi connectivity index (χ1) is 1.00. The molecule has 0 aromatic rings. The van der Waals surface area contributed by atoms with E-state index in [2.05, 4.69) is 7.44 Å². The minimum absolute atomic E-state index is 0. The Kier molecular flexibility index (Phi) is 86.7. The van der Waals surface area contributed by atoms with E-state index in [0.29, 0.717) is 0 Å². The summed E-state index contributed by atoms with van der Waals surface area (Å²) < 4.78 is 0. The van der Waals surface area contributed by atoms with Crippen molar-refractivity contribution < 1.29 is 19.5 Å². The van der Waals surface area contributed by atoms with Gasteiger partial charge in [0.15, 0.2) is 0 Å². The van der Waals surface area contributed by atoms with E-state index in [1.165, 1.54) is 10.1 Å². The third kappa shape index (κ3) is 9.08. The summed E-state index contributed by atoms with van der Waals surface area (Å²) in [6, 6.07) is 0. The average Bonchev–Trinajstić information content (AvgIpc) is 1.00. The van der Waals surface area contributed by atoms with Gasteiger partial charge in [0.05, 0.1) is 7.44 Å². The maximum atomic E-state index is 2.14. The van der Waals surface area contributed by atoms with Crippen LogP contribution >= 0.6 is 0 Å². The maximum Gasteiger partial charge on any atom is 0 e. The molecule has 0 aromatic carbocycles. The molecule has 0 heterocycles. The summed E-state index contributed by atoms with van der Waals surface area (Å²) in [7, 11) is 3.44. The molecule has 0 saturated carbocycles. The van der Waals surface area contributed by atoms with Crippen molar-refractivity contribution >= 4 is 47.1 Å². The van der Waals surface area contributed by atoms with E-state index in [-0.39, 0.29) is 49.0 Å². The molecule has 0 unspecified atom stereocenters. The first-order valence-corrected chi connectivity index (χ1v) is 3.00. The topological polar surface area (TPSA) is 0 Å². The molecule has 0 aromatic heterocycles. The molecule has 0 aliphatic carbocycles. The van der Waals surface area contributed by atoms with Crippen LogP contribution in [0.15, 0.2) is 0 Å². The summed E-state index contributed by atoms with van der Waals surface area (Å²) >= 11 is 0. The summed E-state index contributed by atoms with van der Waals surface area (Å²) in [5, 5.41) is 0. The van der Waals surface area contributed by atoms with Crippen LogP contribution in [0.25, 0.3) is 0 Å². The standard InChI is InChI=1S/BH5Si.Na.Zn.H/c1-2;;;/h1H2,2H3;;;. The molecule has 0 nitrogen and oxygen atoms in total. The van der Waals surface area contributed by atoms with E-state index in [9.17, 15) is 0 Å². The fourth-order valence-corrected chi connectivity index (χ4v) is 0. The molecule has 0 atom stereocenters. The van der Waals surface area contributed by atoms with Crippen LogP contribution in [0.1, 0.15) is 0 Å². The van der Waals surface area contributed by atoms with Gasteiger partial charge in [-0.3, -0.25) is 0 Å². The van der Waals surface area contributed by atoms with Crippen molar-refractivity contribution in [3.8, 4) is 0 Å². The van der Waals surface area contributed by atoms with Crippen LogP contribution < -0.4 is 0 Å². The minimum atomic E-state index is 0. The van der Waals surface area contributed by atoms with Crippen molar-refractivity contribution in [3.63, 3.8) is 0 Å². The van der Waals surface area contributed by atoms with Crippen molar-refractivity contribution in [2.75, 3.05) is 0 Å². The Morgan fingerprint density at radius 1 is 1.25 bits per heavy atom. The van der Waals surface area contributed by atoms with Crippen molar-refractivity contribution in [1.82, 2.24) is 0 Å². The minimum Gasteiger partial charge on any atom is 0 e. The zero-order chi connectivity index (χ0) is 2.00. The SMILES string of the molecule is B[SiH3].[NaH].[Zn]. The van der Waals surface area contributed by atoms with Gasteiger partial charge in [0.1, 0.15) is 0 Å². The number of hydrogen-bond acceptors (Lipinski definition) is 0. The van der Waals surface area contributed by atoms with Gasteiger partial charge in [-0.25, -0.2) is 0 Å². The van der Waals surface area contributed by atoms with Crippen LogP contribution in [0.5, 0.6) is 0 Å². The first kappa shape index (κ1) is 16.8. The summed E-state index contributed by atoms with van der Waals surface area (Å²) in [4.78, 5) is 0. The quantitative estimate of drug-likeness (QED) is 0.314. The maximum absolute atomic E-state index is 2.14. The predicted octanol–water partition coefficient (Wildman–Crippen LogP) is -2.75. The van der Waals surface area contributed by atoms with Crippen LogP contribution in [0, 0.1) is 0 Å². The molecule has 0 spiro atoms. The van der Waals surface area contributed by atoms with Gasteiger partial charge in [-0.15, -0.1) is 0 Å². The summed E-state index contributed by atoms with van der Waals surface area (Å²) in [6.07, 6.45) is 0. The average molecular weight is 133 g/mol. The predicted molar refractivity (Wildman–Crippen MR) is 25.6 cm³/mol. The van der Waals surface area contributed by atoms with Gasteiger partial charge in [0, 0.05) is 19.5 Å². The zero-order valence-electron chi connectivity index (χ0n) is 2.71. The third-order valence-corrected chi connectivity index (χ3v) is 0. The Balaban J connectivity index is -0.00000000500. The fraction of sp³-hybridized carbons (Fsp3) is 0. The molecule has 0 saturated heterocycles. The largest absolute Gasteiger partial charge is 0 e. The first-order valence-electron chi connectivity index (χ1n) is 1.00. The van der Waals surface area contributed by atoms with Crippen molar-refractivity contribution in [3.05, 3.63) is 0 Å². The van der Waals surface area contributed by atoms with E-state index in [0.717, 1.165) is 0 Å². The van der Waals surface area contributed by atoms with Crippen LogP contribution in [-0.4, -0.2) is 47.1 Å². The van der Waals surface area contributed by atoms with Crippen LogP contribution in [0.4, 0.5) is 0 Å². The molecular formula is H6BNaSiZn. The van der Waals surface area contributed by atoms with Crippen LogP contribution in [-0.2, 0) is 19.5 Å². The Morgan fingerprint density at radius 2 is 1.25 bits per heavy atom. The Bertz CT molecular complexity index is 8.00. The van der Waals surface area contributed by atoms with Gasteiger partial charge < -0.3 is 0 Å². The molecule has 4 heteroatoms. The Hall–Kier alpha value is 1.91. The number of rotatable bonds is 0. The summed E-state index contributed by atoms with van der Waals surface area (Å²) in [5.41, 5.74) is 0. The van der Waals surface area contributed by atoms with E-state index >= 15 is 0 Å². The molecule has 16 valence electrons. The second kappa shape index (κ2) is 20.6. The third-order valence-electron chi connectivity index (χ3n) is 0. The van der Waals surface area contributed by atoms with Gasteiger partial charge in [0.25, 0.3) is 0 Å². The van der Waals surface area contributed by atoms with Gasteiger partial charge in [-0.2, -0.15) is 0 Å². The normalized spacial score (nSPS) is 2.00. The Labute approximate surface area is 65.9 Å².